The number of anilines is 1. The lowest BCUT2D eigenvalue weighted by atomic mass is 10.2. The molecule has 0 atom stereocenters. The van der Waals surface area contributed by atoms with E-state index >= 15 is 0 Å². The first-order valence-electron chi connectivity index (χ1n) is 6.76. The van der Waals surface area contributed by atoms with E-state index in [1.165, 1.54) is 6.33 Å². The number of hydrogen-bond donors (Lipinski definition) is 1. The highest BCUT2D eigenvalue weighted by Crippen LogP contribution is 2.17. The maximum absolute atomic E-state index is 12.3. The zero-order valence-electron chi connectivity index (χ0n) is 11.9. The molecule has 0 bridgehead atoms. The summed E-state index contributed by atoms with van der Waals surface area (Å²) >= 11 is 0. The molecule has 0 unspecified atom stereocenters. The Kier molecular flexibility index (Phi) is 3.35. The minimum absolute atomic E-state index is 0.181. The van der Waals surface area contributed by atoms with Gasteiger partial charge in [0.2, 0.25) is 5.52 Å². The Bertz CT molecular complexity index is 794. The lowest BCUT2D eigenvalue weighted by molar-refractivity contribution is -0.670. The summed E-state index contributed by atoms with van der Waals surface area (Å²) in [5, 5.41) is 2.86. The fraction of sp³-hybridized carbons (Fsp3) is 0.200. The molecule has 0 spiro atoms. The van der Waals surface area contributed by atoms with E-state index in [-0.39, 0.29) is 5.91 Å². The largest absolute Gasteiger partial charge is 0.307 e. The summed E-state index contributed by atoms with van der Waals surface area (Å²) in [6.07, 6.45) is 3.41. The first-order valence-corrected chi connectivity index (χ1v) is 6.76. The third-order valence-electron chi connectivity index (χ3n) is 3.35. The number of rotatable bonds is 3. The summed E-state index contributed by atoms with van der Waals surface area (Å²) in [7, 11) is 1.91. The molecule has 3 rings (SSSR count). The van der Waals surface area contributed by atoms with Gasteiger partial charge < -0.3 is 5.32 Å². The number of carbonyl (C=O) groups excluding carboxylic acids is 1. The molecule has 0 aliphatic carbocycles. The van der Waals surface area contributed by atoms with Gasteiger partial charge in [-0.25, -0.2) is 4.57 Å². The molecule has 106 valence electrons. The third-order valence-corrected chi connectivity index (χ3v) is 3.35. The van der Waals surface area contributed by atoms with Gasteiger partial charge in [-0.3, -0.25) is 9.36 Å². The topological polar surface area (TPSA) is 63.7 Å². The summed E-state index contributed by atoms with van der Waals surface area (Å²) in [4.78, 5) is 20.8. The summed E-state index contributed by atoms with van der Waals surface area (Å²) in [6.45, 7) is 2.85. The van der Waals surface area contributed by atoms with E-state index in [0.717, 1.165) is 17.7 Å². The number of carbonyl (C=O) groups is 1. The summed E-state index contributed by atoms with van der Waals surface area (Å²) in [5.74, 6) is 0.336. The van der Waals surface area contributed by atoms with Crippen LogP contribution in [0, 0.1) is 0 Å². The van der Waals surface area contributed by atoms with Crippen LogP contribution in [0.1, 0.15) is 17.3 Å². The van der Waals surface area contributed by atoms with Crippen molar-refractivity contribution in [1.29, 1.82) is 0 Å². The number of nitrogens with zero attached hydrogens (tertiary/aromatic N) is 4. The lowest BCUT2D eigenvalue weighted by Crippen LogP contribution is -2.31. The van der Waals surface area contributed by atoms with E-state index in [1.54, 1.807) is 12.1 Å². The number of hydrogen-bond acceptors (Lipinski definition) is 3. The van der Waals surface area contributed by atoms with Gasteiger partial charge >= 0.3 is 5.65 Å². The SMILES string of the molecule is CC[n+]1cn(C)c2c(NC(=O)c3ccccc3)ncnc21. The van der Waals surface area contributed by atoms with Crippen molar-refractivity contribution in [3.05, 3.63) is 48.5 Å². The molecule has 1 aromatic carbocycles. The molecule has 0 saturated heterocycles. The molecule has 6 heteroatoms. The Hall–Kier alpha value is -2.76. The molecule has 1 amide bonds. The van der Waals surface area contributed by atoms with Gasteiger partial charge in [0.15, 0.2) is 18.5 Å². The maximum atomic E-state index is 12.3. The molecule has 6 nitrogen and oxygen atoms in total. The molecule has 0 aliphatic heterocycles. The first-order chi connectivity index (χ1) is 10.2. The predicted octanol–water partition coefficient (Wildman–Crippen LogP) is 1.53. The van der Waals surface area contributed by atoms with Gasteiger partial charge in [-0.1, -0.05) is 23.2 Å². The van der Waals surface area contributed by atoms with Crippen LogP contribution in [0.4, 0.5) is 5.82 Å². The summed E-state index contributed by atoms with van der Waals surface area (Å²) in [6, 6.07) is 9.08. The van der Waals surface area contributed by atoms with Crippen molar-refractivity contribution in [2.45, 2.75) is 13.5 Å². The third kappa shape index (κ3) is 2.35. The highest BCUT2D eigenvalue weighted by Gasteiger charge is 2.20. The highest BCUT2D eigenvalue weighted by molar-refractivity contribution is 6.06. The number of fused-ring (bicyclic) bond motifs is 1. The zero-order chi connectivity index (χ0) is 14.8. The Morgan fingerprint density at radius 2 is 2.05 bits per heavy atom. The second-order valence-corrected chi connectivity index (χ2v) is 4.73. The first kappa shape index (κ1) is 13.2. The summed E-state index contributed by atoms with van der Waals surface area (Å²) in [5.41, 5.74) is 2.21. The molecular weight excluding hydrogens is 266 g/mol. The van der Waals surface area contributed by atoms with Crippen LogP contribution in [0.15, 0.2) is 43.0 Å². The molecule has 0 radical (unpaired) electrons. The van der Waals surface area contributed by atoms with E-state index < -0.39 is 0 Å². The minimum atomic E-state index is -0.181. The van der Waals surface area contributed by atoms with Gasteiger partial charge in [0.1, 0.15) is 0 Å². The molecule has 0 fully saturated rings. The van der Waals surface area contributed by atoms with Crippen LogP contribution in [-0.2, 0) is 13.6 Å². The van der Waals surface area contributed by atoms with Gasteiger partial charge in [-0.2, -0.15) is 4.98 Å². The van der Waals surface area contributed by atoms with Crippen LogP contribution in [0.2, 0.25) is 0 Å². The van der Waals surface area contributed by atoms with Crippen LogP contribution in [0.25, 0.3) is 11.2 Å². The number of aryl methyl sites for hydroxylation is 2. The van der Waals surface area contributed by atoms with Crippen molar-refractivity contribution in [1.82, 2.24) is 14.5 Å². The van der Waals surface area contributed by atoms with Crippen LogP contribution < -0.4 is 9.88 Å². The molecule has 0 aliphatic rings. The fourth-order valence-corrected chi connectivity index (χ4v) is 2.32. The molecule has 21 heavy (non-hydrogen) atoms. The normalized spacial score (nSPS) is 10.8. The highest BCUT2D eigenvalue weighted by atomic mass is 16.1. The van der Waals surface area contributed by atoms with Crippen LogP contribution in [0.5, 0.6) is 0 Å². The van der Waals surface area contributed by atoms with Gasteiger partial charge in [0.25, 0.3) is 5.91 Å². The van der Waals surface area contributed by atoms with E-state index in [0.29, 0.717) is 11.4 Å². The maximum Gasteiger partial charge on any atom is 0.307 e. The molecule has 1 N–H and O–H groups in total. The number of nitrogens with one attached hydrogen (secondary N) is 1. The quantitative estimate of drug-likeness (QED) is 0.741. The van der Waals surface area contributed by atoms with E-state index in [1.807, 2.05) is 47.6 Å². The predicted molar refractivity (Wildman–Crippen MR) is 78.8 cm³/mol. The lowest BCUT2D eigenvalue weighted by Gasteiger charge is -2.03. The van der Waals surface area contributed by atoms with E-state index in [2.05, 4.69) is 15.3 Å². The Balaban J connectivity index is 2.02. The molecule has 3 aromatic rings. The smallest absolute Gasteiger partial charge is 0.303 e. The van der Waals surface area contributed by atoms with Crippen molar-refractivity contribution in [2.75, 3.05) is 5.32 Å². The van der Waals surface area contributed by atoms with Crippen LogP contribution >= 0.6 is 0 Å². The second kappa shape index (κ2) is 5.32. The number of benzene rings is 1. The standard InChI is InChI=1S/C15H15N5O/c1-3-20-10-19(2)12-13(16-9-17-14(12)20)18-15(21)11-7-5-4-6-8-11/h4-10H,3H2,1-2H3/p+1. The monoisotopic (exact) mass is 282 g/mol. The number of amides is 1. The molecule has 0 saturated carbocycles. The van der Waals surface area contributed by atoms with Crippen LogP contribution in [-0.4, -0.2) is 20.4 Å². The fourth-order valence-electron chi connectivity index (χ4n) is 2.32. The molecule has 2 aromatic heterocycles. The zero-order valence-corrected chi connectivity index (χ0v) is 11.9. The average molecular weight is 282 g/mol. The van der Waals surface area contributed by atoms with E-state index in [9.17, 15) is 4.79 Å². The summed E-state index contributed by atoms with van der Waals surface area (Å²) < 4.78 is 3.93. The number of imidazole rings is 1. The van der Waals surface area contributed by atoms with Crippen molar-refractivity contribution >= 4 is 22.9 Å². The van der Waals surface area contributed by atoms with Crippen LogP contribution in [0.3, 0.4) is 0 Å². The van der Waals surface area contributed by atoms with Crippen molar-refractivity contribution in [2.24, 2.45) is 7.05 Å². The second-order valence-electron chi connectivity index (χ2n) is 4.73. The van der Waals surface area contributed by atoms with Crippen molar-refractivity contribution in [3.8, 4) is 0 Å². The number of aromatic nitrogens is 4. The Labute approximate surface area is 122 Å². The van der Waals surface area contributed by atoms with Gasteiger partial charge in [0.05, 0.1) is 13.6 Å². The van der Waals surface area contributed by atoms with Crippen molar-refractivity contribution < 1.29 is 9.36 Å². The van der Waals surface area contributed by atoms with Crippen molar-refractivity contribution in [3.63, 3.8) is 0 Å². The molecule has 2 heterocycles. The average Bonchev–Trinajstić information content (AvgIpc) is 2.85. The molecular formula is C15H16N5O+. The Morgan fingerprint density at radius 3 is 2.76 bits per heavy atom. The van der Waals surface area contributed by atoms with Gasteiger partial charge in [-0.05, 0) is 19.1 Å². The minimum Gasteiger partial charge on any atom is -0.303 e. The van der Waals surface area contributed by atoms with Gasteiger partial charge in [-0.15, -0.1) is 0 Å². The Morgan fingerprint density at radius 1 is 1.29 bits per heavy atom. The van der Waals surface area contributed by atoms with E-state index in [4.69, 9.17) is 0 Å². The van der Waals surface area contributed by atoms with Gasteiger partial charge in [0, 0.05) is 5.56 Å².